The fourth-order valence-electron chi connectivity index (χ4n) is 2.99. The molecule has 1 amide bonds. The number of hydrogen-bond acceptors (Lipinski definition) is 5. The zero-order valence-corrected chi connectivity index (χ0v) is 17.4. The molecule has 1 heterocycles. The van der Waals surface area contributed by atoms with Gasteiger partial charge in [-0.15, -0.1) is 0 Å². The number of halogens is 4. The van der Waals surface area contributed by atoms with Crippen LogP contribution in [-0.4, -0.2) is 39.2 Å². The number of hydrogen-bond donors (Lipinski definition) is 1. The number of anilines is 2. The summed E-state index contributed by atoms with van der Waals surface area (Å²) in [5.41, 5.74) is -1.51. The summed E-state index contributed by atoms with van der Waals surface area (Å²) in [5.74, 6) is -1.96. The normalized spacial score (nSPS) is 15.5. The van der Waals surface area contributed by atoms with Gasteiger partial charge in [-0.2, -0.15) is 13.2 Å². The number of ether oxygens (including phenoxy) is 1. The van der Waals surface area contributed by atoms with E-state index >= 15 is 0 Å². The van der Waals surface area contributed by atoms with Gasteiger partial charge in [0.2, 0.25) is 10.0 Å². The zero-order valence-electron chi connectivity index (χ0n) is 15.8. The molecule has 1 N–H and O–H groups in total. The van der Waals surface area contributed by atoms with Crippen LogP contribution >= 0.6 is 11.6 Å². The molecule has 0 bridgehead atoms. The lowest BCUT2D eigenvalue weighted by atomic mass is 10.1. The maximum atomic E-state index is 13.1. The summed E-state index contributed by atoms with van der Waals surface area (Å²) in [4.78, 5) is 24.3. The molecule has 1 fully saturated rings. The van der Waals surface area contributed by atoms with Crippen LogP contribution in [0, 0.1) is 0 Å². The topological polar surface area (TPSA) is 92.8 Å². The second-order valence-corrected chi connectivity index (χ2v) is 9.00. The van der Waals surface area contributed by atoms with Gasteiger partial charge in [-0.3, -0.25) is 9.10 Å². The van der Waals surface area contributed by atoms with Crippen LogP contribution in [0.2, 0.25) is 5.02 Å². The van der Waals surface area contributed by atoms with E-state index in [4.69, 9.17) is 16.3 Å². The zero-order chi connectivity index (χ0) is 22.8. The summed E-state index contributed by atoms with van der Waals surface area (Å²) in [5, 5.41) is 1.68. The Bertz CT molecular complexity index is 1120. The fraction of sp³-hybridized carbons (Fsp3) is 0.263. The van der Waals surface area contributed by atoms with Crippen molar-refractivity contribution in [2.75, 3.05) is 28.5 Å². The first-order valence-corrected chi connectivity index (χ1v) is 10.9. The van der Waals surface area contributed by atoms with E-state index in [0.29, 0.717) is 6.42 Å². The van der Waals surface area contributed by atoms with E-state index in [9.17, 15) is 31.2 Å². The van der Waals surface area contributed by atoms with Gasteiger partial charge in [-0.25, -0.2) is 13.2 Å². The number of nitrogens with one attached hydrogen (secondary N) is 1. The van der Waals surface area contributed by atoms with Gasteiger partial charge in [-0.1, -0.05) is 23.7 Å². The van der Waals surface area contributed by atoms with Crippen LogP contribution < -0.4 is 9.62 Å². The smallest absolute Gasteiger partial charge is 0.418 e. The Morgan fingerprint density at radius 1 is 1.16 bits per heavy atom. The van der Waals surface area contributed by atoms with Gasteiger partial charge in [0.1, 0.15) is 0 Å². The average molecular weight is 477 g/mol. The van der Waals surface area contributed by atoms with E-state index in [2.05, 4.69) is 0 Å². The van der Waals surface area contributed by atoms with Crippen LogP contribution in [0.3, 0.4) is 0 Å². The molecule has 1 aliphatic heterocycles. The molecule has 0 aliphatic carbocycles. The summed E-state index contributed by atoms with van der Waals surface area (Å²) < 4.78 is 69.4. The Labute approximate surface area is 180 Å². The Morgan fingerprint density at radius 2 is 1.87 bits per heavy atom. The number of benzene rings is 2. The minimum Gasteiger partial charge on any atom is -0.452 e. The van der Waals surface area contributed by atoms with Crippen molar-refractivity contribution < 1.29 is 35.9 Å². The lowest BCUT2D eigenvalue weighted by molar-refractivity contribution is -0.137. The average Bonchev–Trinajstić information content (AvgIpc) is 3.06. The molecular formula is C19H16ClF3N2O5S. The Balaban J connectivity index is 1.67. The van der Waals surface area contributed by atoms with E-state index < -0.39 is 45.9 Å². The van der Waals surface area contributed by atoms with E-state index in [1.54, 1.807) is 0 Å². The van der Waals surface area contributed by atoms with Crippen molar-refractivity contribution in [1.29, 1.82) is 0 Å². The van der Waals surface area contributed by atoms with Crippen molar-refractivity contribution in [3.63, 3.8) is 0 Å². The number of carbonyl (C=O) groups is 2. The number of para-hydroxylation sites is 1. The maximum Gasteiger partial charge on any atom is 0.418 e. The molecule has 0 unspecified atom stereocenters. The number of nitrogens with zero attached hydrogens (tertiary/aromatic N) is 1. The van der Waals surface area contributed by atoms with Gasteiger partial charge >= 0.3 is 12.1 Å². The van der Waals surface area contributed by atoms with E-state index in [1.807, 2.05) is 5.32 Å². The second-order valence-electron chi connectivity index (χ2n) is 6.58. The highest BCUT2D eigenvalue weighted by atomic mass is 35.5. The van der Waals surface area contributed by atoms with Gasteiger partial charge in [0.25, 0.3) is 5.91 Å². The van der Waals surface area contributed by atoms with E-state index in [-0.39, 0.29) is 28.6 Å². The lowest BCUT2D eigenvalue weighted by Gasteiger charge is -2.17. The summed E-state index contributed by atoms with van der Waals surface area (Å²) in [6.07, 6.45) is -4.29. The van der Waals surface area contributed by atoms with Crippen molar-refractivity contribution in [1.82, 2.24) is 0 Å². The minimum atomic E-state index is -4.75. The molecule has 1 saturated heterocycles. The van der Waals surface area contributed by atoms with Crippen LogP contribution in [0.25, 0.3) is 0 Å². The monoisotopic (exact) mass is 476 g/mol. The quantitative estimate of drug-likeness (QED) is 0.664. The summed E-state index contributed by atoms with van der Waals surface area (Å²) in [6.45, 7) is -0.587. The first-order chi connectivity index (χ1) is 14.5. The minimum absolute atomic E-state index is 0.00377. The highest BCUT2D eigenvalue weighted by Crippen LogP contribution is 2.38. The molecule has 3 rings (SSSR count). The highest BCUT2D eigenvalue weighted by Gasteiger charge is 2.35. The molecule has 0 radical (unpaired) electrons. The van der Waals surface area contributed by atoms with Crippen LogP contribution in [0.5, 0.6) is 0 Å². The molecule has 166 valence electrons. The molecule has 1 aliphatic rings. The van der Waals surface area contributed by atoms with Crippen LogP contribution in [0.4, 0.5) is 24.5 Å². The molecule has 31 heavy (non-hydrogen) atoms. The summed E-state index contributed by atoms with van der Waals surface area (Å²) >= 11 is 5.76. The van der Waals surface area contributed by atoms with Crippen molar-refractivity contribution in [2.45, 2.75) is 12.6 Å². The number of rotatable bonds is 5. The molecule has 0 saturated carbocycles. The SMILES string of the molecule is O=C(COC(=O)c1cccc(N2CCCS2(=O)=O)c1)Nc1c(Cl)cccc1C(F)(F)F. The Morgan fingerprint density at radius 3 is 2.52 bits per heavy atom. The van der Waals surface area contributed by atoms with Crippen molar-refractivity contribution in [2.24, 2.45) is 0 Å². The van der Waals surface area contributed by atoms with Crippen LogP contribution in [0.15, 0.2) is 42.5 Å². The van der Waals surface area contributed by atoms with Gasteiger partial charge in [0.05, 0.1) is 33.3 Å². The van der Waals surface area contributed by atoms with E-state index in [0.717, 1.165) is 12.1 Å². The standard InChI is InChI=1S/C19H16ClF3N2O5S/c20-15-7-2-6-14(19(21,22)23)17(15)24-16(26)11-30-18(27)12-4-1-5-13(10-12)25-8-3-9-31(25,28)29/h1-2,4-7,10H,3,8-9,11H2,(H,24,26). The highest BCUT2D eigenvalue weighted by molar-refractivity contribution is 7.93. The number of sulfonamides is 1. The third-order valence-electron chi connectivity index (χ3n) is 4.39. The first kappa shape index (κ1) is 22.9. The molecule has 12 heteroatoms. The van der Waals surface area contributed by atoms with Gasteiger partial charge < -0.3 is 10.1 Å². The molecule has 0 aromatic heterocycles. The molecular weight excluding hydrogens is 461 g/mol. The first-order valence-electron chi connectivity index (χ1n) is 8.92. The third-order valence-corrected chi connectivity index (χ3v) is 6.57. The predicted molar refractivity (Wildman–Crippen MR) is 108 cm³/mol. The lowest BCUT2D eigenvalue weighted by Crippen LogP contribution is -2.25. The van der Waals surface area contributed by atoms with Gasteiger partial charge in [-0.05, 0) is 36.8 Å². The second kappa shape index (κ2) is 8.75. The van der Waals surface area contributed by atoms with Crippen LogP contribution in [0.1, 0.15) is 22.3 Å². The number of esters is 1. The Hall–Kier alpha value is -2.79. The molecule has 0 spiro atoms. The molecule has 7 nitrogen and oxygen atoms in total. The van der Waals surface area contributed by atoms with Gasteiger partial charge in [0, 0.05) is 6.54 Å². The predicted octanol–water partition coefficient (Wildman–Crippen LogP) is 3.69. The molecule has 2 aromatic rings. The summed E-state index contributed by atoms with van der Waals surface area (Å²) in [7, 11) is -3.45. The largest absolute Gasteiger partial charge is 0.452 e. The fourth-order valence-corrected chi connectivity index (χ4v) is 4.77. The van der Waals surface area contributed by atoms with Crippen molar-refractivity contribution in [3.8, 4) is 0 Å². The molecule has 2 aromatic carbocycles. The molecule has 0 atom stereocenters. The Kier molecular flexibility index (Phi) is 6.46. The summed E-state index contributed by atoms with van der Waals surface area (Å²) in [6, 6.07) is 8.67. The third kappa shape index (κ3) is 5.28. The number of alkyl halides is 3. The number of amides is 1. The van der Waals surface area contributed by atoms with Crippen molar-refractivity contribution in [3.05, 3.63) is 58.6 Å². The van der Waals surface area contributed by atoms with Crippen molar-refractivity contribution >= 4 is 44.9 Å². The van der Waals surface area contributed by atoms with E-state index in [1.165, 1.54) is 34.6 Å². The maximum absolute atomic E-state index is 13.1. The van der Waals surface area contributed by atoms with Gasteiger partial charge in [0.15, 0.2) is 6.61 Å². The van der Waals surface area contributed by atoms with Crippen LogP contribution in [-0.2, 0) is 25.7 Å². The number of carbonyl (C=O) groups excluding carboxylic acids is 2.